The van der Waals surface area contributed by atoms with E-state index in [1.54, 1.807) is 16.2 Å². The summed E-state index contributed by atoms with van der Waals surface area (Å²) >= 11 is 4.96. The monoisotopic (exact) mass is 342 g/mol. The van der Waals surface area contributed by atoms with Crippen LogP contribution in [0, 0.1) is 5.95 Å². The Morgan fingerprint density at radius 2 is 2.21 bits per heavy atom. The topological polar surface area (TPSA) is 33.2 Å². The molecule has 0 fully saturated rings. The molecule has 0 saturated heterocycles. The second-order valence-electron chi connectivity index (χ2n) is 3.87. The number of amides is 1. The summed E-state index contributed by atoms with van der Waals surface area (Å²) in [5, 5.41) is 0. The van der Waals surface area contributed by atoms with E-state index in [2.05, 4.69) is 20.9 Å². The van der Waals surface area contributed by atoms with Gasteiger partial charge in [0, 0.05) is 11.4 Å². The predicted octanol–water partition coefficient (Wildman–Crippen LogP) is 3.71. The summed E-state index contributed by atoms with van der Waals surface area (Å²) in [6.07, 6.45) is 0. The number of nitrogens with zero attached hydrogens (tertiary/aromatic N) is 2. The average molecular weight is 343 g/mol. The third-order valence-corrected chi connectivity index (χ3v) is 4.19. The lowest BCUT2D eigenvalue weighted by Crippen LogP contribution is -2.30. The first-order chi connectivity index (χ1) is 9.10. The molecule has 0 aliphatic rings. The Balaban J connectivity index is 2.15. The van der Waals surface area contributed by atoms with E-state index in [-0.39, 0.29) is 11.6 Å². The molecule has 0 aromatic carbocycles. The number of aromatic nitrogens is 1. The lowest BCUT2D eigenvalue weighted by atomic mass is 10.3. The summed E-state index contributed by atoms with van der Waals surface area (Å²) in [6.45, 7) is 2.94. The first-order valence-electron chi connectivity index (χ1n) is 5.76. The van der Waals surface area contributed by atoms with Gasteiger partial charge in [-0.2, -0.15) is 4.39 Å². The Labute approximate surface area is 123 Å². The van der Waals surface area contributed by atoms with Gasteiger partial charge in [-0.25, -0.2) is 4.98 Å². The fourth-order valence-electron chi connectivity index (χ4n) is 1.64. The van der Waals surface area contributed by atoms with E-state index in [0.717, 1.165) is 8.66 Å². The van der Waals surface area contributed by atoms with E-state index in [9.17, 15) is 9.18 Å². The molecule has 3 nitrogen and oxygen atoms in total. The highest BCUT2D eigenvalue weighted by Gasteiger charge is 2.17. The molecule has 0 saturated carbocycles. The van der Waals surface area contributed by atoms with Crippen molar-refractivity contribution in [3.05, 3.63) is 50.6 Å². The molecule has 2 aromatic heterocycles. The molecule has 19 heavy (non-hydrogen) atoms. The van der Waals surface area contributed by atoms with Crippen LogP contribution in [0.15, 0.2) is 34.1 Å². The molecule has 2 rings (SSSR count). The quantitative estimate of drug-likeness (QED) is 0.793. The molecule has 0 unspecified atom stereocenters. The van der Waals surface area contributed by atoms with Gasteiger partial charge < -0.3 is 4.90 Å². The number of halogens is 2. The molecule has 0 radical (unpaired) electrons. The molecular formula is C13H12BrFN2OS. The fraction of sp³-hybridized carbons (Fsp3) is 0.231. The normalized spacial score (nSPS) is 10.5. The lowest BCUT2D eigenvalue weighted by Gasteiger charge is -2.19. The van der Waals surface area contributed by atoms with Crippen molar-refractivity contribution in [2.75, 3.05) is 6.54 Å². The maximum absolute atomic E-state index is 13.0. The Morgan fingerprint density at radius 1 is 1.42 bits per heavy atom. The second-order valence-corrected chi connectivity index (χ2v) is 6.42. The van der Waals surface area contributed by atoms with Crippen LogP contribution in [0.5, 0.6) is 0 Å². The third kappa shape index (κ3) is 3.61. The van der Waals surface area contributed by atoms with Gasteiger partial charge >= 0.3 is 0 Å². The van der Waals surface area contributed by atoms with Crippen LogP contribution >= 0.6 is 27.3 Å². The van der Waals surface area contributed by atoms with Gasteiger partial charge in [-0.3, -0.25) is 4.79 Å². The van der Waals surface area contributed by atoms with Crippen LogP contribution in [0.2, 0.25) is 0 Å². The summed E-state index contributed by atoms with van der Waals surface area (Å²) < 4.78 is 14.1. The fourth-order valence-corrected chi connectivity index (χ4v) is 3.14. The number of carbonyl (C=O) groups excluding carboxylic acids is 1. The minimum absolute atomic E-state index is 0.137. The van der Waals surface area contributed by atoms with Crippen LogP contribution < -0.4 is 0 Å². The summed E-state index contributed by atoms with van der Waals surface area (Å²) in [5.41, 5.74) is 0.137. The number of thiophene rings is 1. The summed E-state index contributed by atoms with van der Waals surface area (Å²) in [5.74, 6) is -0.896. The first-order valence-corrected chi connectivity index (χ1v) is 7.37. The van der Waals surface area contributed by atoms with Crippen molar-refractivity contribution in [1.82, 2.24) is 9.88 Å². The van der Waals surface area contributed by atoms with Crippen LogP contribution in [-0.2, 0) is 6.54 Å². The van der Waals surface area contributed by atoms with Crippen LogP contribution in [0.25, 0.3) is 0 Å². The second kappa shape index (κ2) is 6.25. The number of carbonyl (C=O) groups is 1. The average Bonchev–Trinajstić information content (AvgIpc) is 2.81. The summed E-state index contributed by atoms with van der Waals surface area (Å²) in [4.78, 5) is 18.6. The van der Waals surface area contributed by atoms with E-state index < -0.39 is 5.95 Å². The van der Waals surface area contributed by atoms with E-state index in [4.69, 9.17) is 0 Å². The summed E-state index contributed by atoms with van der Waals surface area (Å²) in [6, 6.07) is 8.15. The Bertz CT molecular complexity index is 588. The van der Waals surface area contributed by atoms with Crippen molar-refractivity contribution in [3.8, 4) is 0 Å². The molecular weight excluding hydrogens is 331 g/mol. The smallest absolute Gasteiger partial charge is 0.272 e. The number of pyridine rings is 1. The Kier molecular flexibility index (Phi) is 4.66. The van der Waals surface area contributed by atoms with Gasteiger partial charge in [-0.15, -0.1) is 11.3 Å². The highest BCUT2D eigenvalue weighted by molar-refractivity contribution is 9.11. The maximum Gasteiger partial charge on any atom is 0.272 e. The molecule has 2 aromatic rings. The number of rotatable bonds is 4. The van der Waals surface area contributed by atoms with Gasteiger partial charge in [0.15, 0.2) is 0 Å². The van der Waals surface area contributed by atoms with Gasteiger partial charge in [-0.1, -0.05) is 6.07 Å². The number of hydrogen-bond donors (Lipinski definition) is 0. The minimum atomic E-state index is -0.638. The van der Waals surface area contributed by atoms with Crippen LogP contribution in [0.1, 0.15) is 22.3 Å². The minimum Gasteiger partial charge on any atom is -0.332 e. The van der Waals surface area contributed by atoms with Crippen molar-refractivity contribution in [3.63, 3.8) is 0 Å². The zero-order valence-electron chi connectivity index (χ0n) is 10.3. The highest BCUT2D eigenvalue weighted by Crippen LogP contribution is 2.23. The summed E-state index contributed by atoms with van der Waals surface area (Å²) in [7, 11) is 0. The molecule has 0 bridgehead atoms. The molecule has 0 atom stereocenters. The van der Waals surface area contributed by atoms with Crippen LogP contribution in [-0.4, -0.2) is 22.3 Å². The molecule has 100 valence electrons. The van der Waals surface area contributed by atoms with E-state index in [1.807, 2.05) is 19.1 Å². The molecule has 0 aliphatic heterocycles. The first kappa shape index (κ1) is 14.1. The maximum atomic E-state index is 13.0. The molecule has 0 aliphatic carbocycles. The van der Waals surface area contributed by atoms with Crippen molar-refractivity contribution >= 4 is 33.2 Å². The van der Waals surface area contributed by atoms with Gasteiger partial charge in [0.1, 0.15) is 5.69 Å². The van der Waals surface area contributed by atoms with E-state index in [1.165, 1.54) is 18.2 Å². The highest BCUT2D eigenvalue weighted by atomic mass is 79.9. The van der Waals surface area contributed by atoms with Gasteiger partial charge in [0.2, 0.25) is 5.95 Å². The van der Waals surface area contributed by atoms with Crippen molar-refractivity contribution < 1.29 is 9.18 Å². The predicted molar refractivity (Wildman–Crippen MR) is 76.6 cm³/mol. The largest absolute Gasteiger partial charge is 0.332 e. The van der Waals surface area contributed by atoms with Gasteiger partial charge in [0.05, 0.1) is 10.3 Å². The molecule has 0 spiro atoms. The van der Waals surface area contributed by atoms with Crippen LogP contribution in [0.4, 0.5) is 4.39 Å². The van der Waals surface area contributed by atoms with E-state index in [0.29, 0.717) is 13.1 Å². The van der Waals surface area contributed by atoms with Crippen molar-refractivity contribution in [2.45, 2.75) is 13.5 Å². The molecule has 2 heterocycles. The van der Waals surface area contributed by atoms with Crippen LogP contribution in [0.3, 0.4) is 0 Å². The van der Waals surface area contributed by atoms with Gasteiger partial charge in [-0.05, 0) is 47.1 Å². The van der Waals surface area contributed by atoms with Crippen molar-refractivity contribution in [2.24, 2.45) is 0 Å². The van der Waals surface area contributed by atoms with Gasteiger partial charge in [0.25, 0.3) is 5.91 Å². The third-order valence-electron chi connectivity index (χ3n) is 2.58. The number of hydrogen-bond acceptors (Lipinski definition) is 3. The Hall–Kier alpha value is -1.27. The van der Waals surface area contributed by atoms with E-state index >= 15 is 0 Å². The zero-order valence-corrected chi connectivity index (χ0v) is 12.7. The van der Waals surface area contributed by atoms with Crippen molar-refractivity contribution in [1.29, 1.82) is 0 Å². The standard InChI is InChI=1S/C13H12BrFN2OS/c1-2-17(8-9-6-7-11(14)19-9)13(18)10-4-3-5-12(15)16-10/h3-7H,2,8H2,1H3. The lowest BCUT2D eigenvalue weighted by molar-refractivity contribution is 0.0747. The zero-order chi connectivity index (χ0) is 13.8. The Morgan fingerprint density at radius 3 is 2.79 bits per heavy atom. The SMILES string of the molecule is CCN(Cc1ccc(Br)s1)C(=O)c1cccc(F)n1. The molecule has 6 heteroatoms. The molecule has 1 amide bonds. The molecule has 0 N–H and O–H groups in total.